The van der Waals surface area contributed by atoms with E-state index in [2.05, 4.69) is 47.7 Å². The quantitative estimate of drug-likeness (QED) is 0.378. The molecule has 5 atom stereocenters. The minimum absolute atomic E-state index is 0.0913. The topological polar surface area (TPSA) is 38.8 Å². The van der Waals surface area contributed by atoms with Crippen molar-refractivity contribution >= 4 is 14.6 Å². The second kappa shape index (κ2) is 6.92. The lowest BCUT2D eigenvalue weighted by molar-refractivity contribution is -0.110. The average molecular weight is 315 g/mol. The van der Waals surface area contributed by atoms with Gasteiger partial charge in [-0.2, -0.15) is 0 Å². The van der Waals surface area contributed by atoms with Crippen LogP contribution in [0.1, 0.15) is 54.4 Å². The first-order chi connectivity index (χ1) is 9.53. The second-order valence-electron chi connectivity index (χ2n) is 8.17. The monoisotopic (exact) mass is 314 g/mol. The van der Waals surface area contributed by atoms with Crippen LogP contribution in [0.15, 0.2) is 0 Å². The summed E-state index contributed by atoms with van der Waals surface area (Å²) in [6.07, 6.45) is 3.65. The fourth-order valence-electron chi connectivity index (χ4n) is 2.56. The van der Waals surface area contributed by atoms with Crippen LogP contribution in [0.4, 0.5) is 0 Å². The summed E-state index contributed by atoms with van der Waals surface area (Å²) in [6.45, 7) is 17.8. The van der Waals surface area contributed by atoms with Gasteiger partial charge in [0.2, 0.25) is 0 Å². The predicted molar refractivity (Wildman–Crippen MR) is 90.0 cm³/mol. The van der Waals surface area contributed by atoms with E-state index in [1.807, 2.05) is 6.92 Å². The lowest BCUT2D eigenvalue weighted by Gasteiger charge is -2.40. The molecule has 0 aromatic rings. The van der Waals surface area contributed by atoms with Crippen LogP contribution in [-0.4, -0.2) is 32.9 Å². The molecule has 0 spiro atoms. The molecule has 1 fully saturated rings. The highest BCUT2D eigenvalue weighted by Crippen LogP contribution is 2.41. The number of hydrogen-bond donors (Lipinski definition) is 0. The Kier molecular flexibility index (Phi) is 6.22. The molecule has 1 saturated heterocycles. The normalized spacial score (nSPS) is 27.0. The molecule has 21 heavy (non-hydrogen) atoms. The summed E-state index contributed by atoms with van der Waals surface area (Å²) >= 11 is 0. The van der Waals surface area contributed by atoms with E-state index in [0.717, 1.165) is 19.1 Å². The smallest absolute Gasteiger partial charge is 0.192 e. The van der Waals surface area contributed by atoms with Gasteiger partial charge in [0.15, 0.2) is 8.32 Å². The molecular formula is C17H34O3Si. The Morgan fingerprint density at radius 3 is 2.29 bits per heavy atom. The molecule has 0 N–H and O–H groups in total. The zero-order valence-electron chi connectivity index (χ0n) is 15.1. The van der Waals surface area contributed by atoms with Gasteiger partial charge in [0, 0.05) is 17.9 Å². The van der Waals surface area contributed by atoms with Crippen molar-refractivity contribution in [1.82, 2.24) is 0 Å². The Labute approximate surface area is 131 Å². The Bertz CT molecular complexity index is 348. The molecule has 1 aliphatic rings. The Morgan fingerprint density at radius 2 is 1.86 bits per heavy atom. The van der Waals surface area contributed by atoms with Gasteiger partial charge in [0.05, 0.1) is 12.2 Å². The largest absolute Gasteiger partial charge is 0.414 e. The molecular weight excluding hydrogens is 280 g/mol. The lowest BCUT2D eigenvalue weighted by Crippen LogP contribution is -2.46. The van der Waals surface area contributed by atoms with Crippen molar-refractivity contribution in [1.29, 1.82) is 0 Å². The van der Waals surface area contributed by atoms with Crippen LogP contribution in [0.5, 0.6) is 0 Å². The molecule has 1 aliphatic heterocycles. The molecule has 4 heteroatoms. The summed E-state index contributed by atoms with van der Waals surface area (Å²) in [6, 6.07) is 0. The maximum absolute atomic E-state index is 10.8. The van der Waals surface area contributed by atoms with Crippen molar-refractivity contribution in [2.75, 3.05) is 0 Å². The molecule has 0 aromatic carbocycles. The van der Waals surface area contributed by atoms with Crippen molar-refractivity contribution in [3.05, 3.63) is 0 Å². The zero-order chi connectivity index (χ0) is 16.4. The molecule has 0 aliphatic carbocycles. The maximum atomic E-state index is 10.8. The third-order valence-electron chi connectivity index (χ3n) is 5.22. The van der Waals surface area contributed by atoms with Gasteiger partial charge in [-0.15, -0.1) is 0 Å². The van der Waals surface area contributed by atoms with Gasteiger partial charge < -0.3 is 14.0 Å². The number of rotatable bonds is 8. The average Bonchev–Trinajstić information content (AvgIpc) is 3.12. The van der Waals surface area contributed by atoms with E-state index in [-0.39, 0.29) is 29.3 Å². The number of aldehydes is 1. The predicted octanol–water partition coefficient (Wildman–Crippen LogP) is 4.42. The van der Waals surface area contributed by atoms with E-state index in [9.17, 15) is 4.79 Å². The lowest BCUT2D eigenvalue weighted by atomic mass is 9.94. The molecule has 1 rings (SSSR count). The summed E-state index contributed by atoms with van der Waals surface area (Å²) in [5.74, 6) is 0.488. The minimum atomic E-state index is -1.74. The fourth-order valence-corrected chi connectivity index (χ4v) is 4.05. The van der Waals surface area contributed by atoms with E-state index in [1.54, 1.807) is 0 Å². The Hall–Kier alpha value is -0.193. The van der Waals surface area contributed by atoms with Crippen molar-refractivity contribution < 1.29 is 14.0 Å². The first kappa shape index (κ1) is 18.9. The highest BCUT2D eigenvalue weighted by Gasteiger charge is 2.48. The summed E-state index contributed by atoms with van der Waals surface area (Å²) in [7, 11) is -1.74. The van der Waals surface area contributed by atoms with Crippen LogP contribution in [0.25, 0.3) is 0 Å². The van der Waals surface area contributed by atoms with Crippen LogP contribution in [0, 0.1) is 11.8 Å². The van der Waals surface area contributed by atoms with Gasteiger partial charge in [-0.1, -0.05) is 41.5 Å². The van der Waals surface area contributed by atoms with E-state index in [1.165, 1.54) is 0 Å². The minimum Gasteiger partial charge on any atom is -0.414 e. The van der Waals surface area contributed by atoms with Crippen molar-refractivity contribution in [2.45, 2.75) is 90.8 Å². The maximum Gasteiger partial charge on any atom is 0.192 e. The standard InChI is InChI=1S/C17H34O3Si/c1-9-14(20-21(7,8)17(4,5)6)13(3)16-15(19-16)10-12(2)11-18/h11-16H,9-10H2,1-8H3/t12-,13+,14-,15+,16+/m0/s1. The molecule has 3 nitrogen and oxygen atoms in total. The Morgan fingerprint density at radius 1 is 1.29 bits per heavy atom. The molecule has 0 bridgehead atoms. The molecule has 0 amide bonds. The zero-order valence-corrected chi connectivity index (χ0v) is 16.1. The van der Waals surface area contributed by atoms with Gasteiger partial charge in [-0.25, -0.2) is 0 Å². The number of ether oxygens (including phenoxy) is 1. The third-order valence-corrected chi connectivity index (χ3v) is 9.72. The van der Waals surface area contributed by atoms with Crippen molar-refractivity contribution in [3.63, 3.8) is 0 Å². The van der Waals surface area contributed by atoms with E-state index in [0.29, 0.717) is 5.92 Å². The molecule has 124 valence electrons. The van der Waals surface area contributed by atoms with Crippen LogP contribution >= 0.6 is 0 Å². The van der Waals surface area contributed by atoms with Crippen molar-refractivity contribution in [3.8, 4) is 0 Å². The molecule has 0 saturated carbocycles. The summed E-state index contributed by atoms with van der Waals surface area (Å²) in [5.41, 5.74) is 0. The van der Waals surface area contributed by atoms with Gasteiger partial charge in [0.25, 0.3) is 0 Å². The summed E-state index contributed by atoms with van der Waals surface area (Å²) in [5, 5.41) is 0.232. The second-order valence-corrected chi connectivity index (χ2v) is 12.9. The van der Waals surface area contributed by atoms with Crippen LogP contribution < -0.4 is 0 Å². The number of epoxide rings is 1. The number of hydrogen-bond acceptors (Lipinski definition) is 3. The van der Waals surface area contributed by atoms with Crippen molar-refractivity contribution in [2.24, 2.45) is 11.8 Å². The van der Waals surface area contributed by atoms with Crippen LogP contribution in [0.2, 0.25) is 18.1 Å². The molecule has 1 heterocycles. The van der Waals surface area contributed by atoms with E-state index < -0.39 is 8.32 Å². The van der Waals surface area contributed by atoms with Gasteiger partial charge >= 0.3 is 0 Å². The molecule has 0 unspecified atom stereocenters. The third kappa shape index (κ3) is 4.90. The highest BCUT2D eigenvalue weighted by molar-refractivity contribution is 6.74. The summed E-state index contributed by atoms with van der Waals surface area (Å²) in [4.78, 5) is 10.8. The number of carbonyl (C=O) groups is 1. The van der Waals surface area contributed by atoms with Gasteiger partial charge in [0.1, 0.15) is 6.29 Å². The Balaban J connectivity index is 2.60. The molecule has 0 radical (unpaired) electrons. The van der Waals surface area contributed by atoms with E-state index >= 15 is 0 Å². The molecule has 0 aromatic heterocycles. The number of carbonyl (C=O) groups excluding carboxylic acids is 1. The SMILES string of the molecule is CC[C@H](O[Si](C)(C)C(C)(C)C)[C@@H](C)[C@H]1O[C@@H]1C[C@H](C)C=O. The summed E-state index contributed by atoms with van der Waals surface area (Å²) < 4.78 is 12.4. The first-order valence-electron chi connectivity index (χ1n) is 8.32. The van der Waals surface area contributed by atoms with Gasteiger partial charge in [-0.3, -0.25) is 0 Å². The van der Waals surface area contributed by atoms with Crippen LogP contribution in [0.3, 0.4) is 0 Å². The fraction of sp³-hybridized carbons (Fsp3) is 0.941. The first-order valence-corrected chi connectivity index (χ1v) is 11.2. The van der Waals surface area contributed by atoms with E-state index in [4.69, 9.17) is 9.16 Å². The highest BCUT2D eigenvalue weighted by atomic mass is 28.4. The van der Waals surface area contributed by atoms with Gasteiger partial charge in [-0.05, 0) is 31.0 Å². The van der Waals surface area contributed by atoms with Crippen LogP contribution in [-0.2, 0) is 14.0 Å².